The highest BCUT2D eigenvalue weighted by Crippen LogP contribution is 2.25. The number of anilines is 1. The van der Waals surface area contributed by atoms with E-state index in [2.05, 4.69) is 5.32 Å². The Morgan fingerprint density at radius 1 is 1.60 bits per heavy atom. The molecule has 1 fully saturated rings. The summed E-state index contributed by atoms with van der Waals surface area (Å²) < 4.78 is 10.5. The number of methoxy groups -OCH3 is 1. The Bertz CT molecular complexity index is 478. The van der Waals surface area contributed by atoms with Crippen molar-refractivity contribution in [3.05, 3.63) is 23.8 Å². The van der Waals surface area contributed by atoms with E-state index in [0.29, 0.717) is 31.2 Å². The number of amides is 2. The van der Waals surface area contributed by atoms with Crippen molar-refractivity contribution in [2.45, 2.75) is 13.0 Å². The third-order valence-electron chi connectivity index (χ3n) is 3.30. The molecule has 20 heavy (non-hydrogen) atoms. The van der Waals surface area contributed by atoms with E-state index in [1.807, 2.05) is 19.1 Å². The summed E-state index contributed by atoms with van der Waals surface area (Å²) in [7, 11) is 1.57. The lowest BCUT2D eigenvalue weighted by Gasteiger charge is -2.34. The number of morpholine rings is 1. The molecular formula is C14H20N2O4. The maximum atomic E-state index is 12.3. The van der Waals surface area contributed by atoms with Crippen molar-refractivity contribution in [3.8, 4) is 5.75 Å². The zero-order chi connectivity index (χ0) is 14.5. The Labute approximate surface area is 118 Å². The molecule has 0 aromatic heterocycles. The van der Waals surface area contributed by atoms with Crippen molar-refractivity contribution in [2.75, 3.05) is 38.8 Å². The molecule has 0 aliphatic carbocycles. The quantitative estimate of drug-likeness (QED) is 0.873. The molecule has 2 amide bonds. The summed E-state index contributed by atoms with van der Waals surface area (Å²) in [6.07, 6.45) is 0. The van der Waals surface area contributed by atoms with Crippen LogP contribution in [0.15, 0.2) is 18.2 Å². The Morgan fingerprint density at radius 2 is 2.40 bits per heavy atom. The molecule has 1 aromatic rings. The van der Waals surface area contributed by atoms with Crippen molar-refractivity contribution < 1.29 is 19.4 Å². The second kappa shape index (κ2) is 6.58. The van der Waals surface area contributed by atoms with Crippen molar-refractivity contribution in [2.24, 2.45) is 0 Å². The predicted octanol–water partition coefficient (Wildman–Crippen LogP) is 1.23. The van der Waals surface area contributed by atoms with Crippen LogP contribution in [0.25, 0.3) is 0 Å². The van der Waals surface area contributed by atoms with Crippen LogP contribution in [0.2, 0.25) is 0 Å². The fourth-order valence-corrected chi connectivity index (χ4v) is 2.16. The monoisotopic (exact) mass is 280 g/mol. The number of carbonyl (C=O) groups is 1. The highest BCUT2D eigenvalue weighted by atomic mass is 16.5. The second-order valence-corrected chi connectivity index (χ2v) is 4.74. The van der Waals surface area contributed by atoms with Gasteiger partial charge in [0.1, 0.15) is 5.75 Å². The van der Waals surface area contributed by atoms with Gasteiger partial charge >= 0.3 is 6.03 Å². The van der Waals surface area contributed by atoms with E-state index in [1.54, 1.807) is 18.1 Å². The fraction of sp³-hybridized carbons (Fsp3) is 0.500. The summed E-state index contributed by atoms with van der Waals surface area (Å²) in [5.41, 5.74) is 1.67. The number of ether oxygens (including phenoxy) is 2. The smallest absolute Gasteiger partial charge is 0.322 e. The van der Waals surface area contributed by atoms with E-state index in [1.165, 1.54) is 0 Å². The van der Waals surface area contributed by atoms with E-state index in [0.717, 1.165) is 5.56 Å². The van der Waals surface area contributed by atoms with Gasteiger partial charge in [-0.15, -0.1) is 0 Å². The molecule has 1 saturated heterocycles. The fourth-order valence-electron chi connectivity index (χ4n) is 2.16. The zero-order valence-electron chi connectivity index (χ0n) is 11.8. The molecule has 1 aromatic carbocycles. The number of rotatable bonds is 3. The largest absolute Gasteiger partial charge is 0.495 e. The standard InChI is InChI=1S/C14H20N2O4/c1-10-3-4-12(13(7-10)19-2)15-14(18)16-5-6-20-9-11(16)8-17/h3-4,7,11,17H,5-6,8-9H2,1-2H3,(H,15,18)/t11-/m0/s1. The van der Waals surface area contributed by atoms with E-state index < -0.39 is 0 Å². The first kappa shape index (κ1) is 14.6. The molecule has 6 nitrogen and oxygen atoms in total. The van der Waals surface area contributed by atoms with Crippen LogP contribution in [0, 0.1) is 6.92 Å². The number of aliphatic hydroxyl groups is 1. The third-order valence-corrected chi connectivity index (χ3v) is 3.30. The maximum Gasteiger partial charge on any atom is 0.322 e. The van der Waals surface area contributed by atoms with Gasteiger partial charge in [0.2, 0.25) is 0 Å². The normalized spacial score (nSPS) is 18.8. The molecular weight excluding hydrogens is 260 g/mol. The highest BCUT2D eigenvalue weighted by Gasteiger charge is 2.27. The number of nitrogens with one attached hydrogen (secondary N) is 1. The van der Waals surface area contributed by atoms with Crippen LogP contribution in [-0.4, -0.2) is 55.6 Å². The number of nitrogens with zero attached hydrogens (tertiary/aromatic N) is 1. The van der Waals surface area contributed by atoms with Gasteiger partial charge in [-0.05, 0) is 24.6 Å². The summed E-state index contributed by atoms with van der Waals surface area (Å²) in [6, 6.07) is 5.01. The first-order chi connectivity index (χ1) is 9.65. The molecule has 110 valence electrons. The minimum Gasteiger partial charge on any atom is -0.495 e. The minimum absolute atomic E-state index is 0.113. The molecule has 1 heterocycles. The van der Waals surface area contributed by atoms with Crippen LogP contribution in [0.3, 0.4) is 0 Å². The topological polar surface area (TPSA) is 71.0 Å². The summed E-state index contributed by atoms with van der Waals surface area (Å²) in [4.78, 5) is 13.9. The van der Waals surface area contributed by atoms with Gasteiger partial charge in [-0.2, -0.15) is 0 Å². The van der Waals surface area contributed by atoms with Gasteiger partial charge < -0.3 is 24.8 Å². The van der Waals surface area contributed by atoms with E-state index >= 15 is 0 Å². The van der Waals surface area contributed by atoms with Crippen molar-refractivity contribution in [3.63, 3.8) is 0 Å². The van der Waals surface area contributed by atoms with Crippen LogP contribution in [-0.2, 0) is 4.74 Å². The average Bonchev–Trinajstić information content (AvgIpc) is 2.48. The molecule has 1 aliphatic rings. The van der Waals surface area contributed by atoms with Crippen LogP contribution in [0.1, 0.15) is 5.56 Å². The number of benzene rings is 1. The molecule has 2 N–H and O–H groups in total. The SMILES string of the molecule is COc1cc(C)ccc1NC(=O)N1CCOC[C@@H]1CO. The number of hydrogen-bond acceptors (Lipinski definition) is 4. The molecule has 6 heteroatoms. The number of urea groups is 1. The van der Waals surface area contributed by atoms with Gasteiger partial charge in [0, 0.05) is 6.54 Å². The number of carbonyl (C=O) groups excluding carboxylic acids is 1. The molecule has 1 atom stereocenters. The Hall–Kier alpha value is -1.79. The summed E-state index contributed by atoms with van der Waals surface area (Å²) in [5.74, 6) is 0.618. The van der Waals surface area contributed by atoms with Crippen LogP contribution >= 0.6 is 0 Å². The van der Waals surface area contributed by atoms with E-state index in [-0.39, 0.29) is 18.7 Å². The number of hydrogen-bond donors (Lipinski definition) is 2. The van der Waals surface area contributed by atoms with Gasteiger partial charge in [0.15, 0.2) is 0 Å². The van der Waals surface area contributed by atoms with Crippen LogP contribution in [0.5, 0.6) is 5.75 Å². The average molecular weight is 280 g/mol. The van der Waals surface area contributed by atoms with Crippen molar-refractivity contribution in [1.29, 1.82) is 0 Å². The van der Waals surface area contributed by atoms with Crippen LogP contribution in [0.4, 0.5) is 10.5 Å². The van der Waals surface area contributed by atoms with Crippen LogP contribution < -0.4 is 10.1 Å². The van der Waals surface area contributed by atoms with Crippen molar-refractivity contribution in [1.82, 2.24) is 4.90 Å². The Kier molecular flexibility index (Phi) is 4.81. The number of aliphatic hydroxyl groups excluding tert-OH is 1. The maximum absolute atomic E-state index is 12.3. The minimum atomic E-state index is -0.305. The molecule has 0 spiro atoms. The molecule has 2 rings (SSSR count). The lowest BCUT2D eigenvalue weighted by molar-refractivity contribution is -0.00485. The lowest BCUT2D eigenvalue weighted by atomic mass is 10.2. The molecule has 0 saturated carbocycles. The summed E-state index contributed by atoms with van der Waals surface area (Å²) >= 11 is 0. The Morgan fingerprint density at radius 3 is 3.10 bits per heavy atom. The molecule has 0 radical (unpaired) electrons. The van der Waals surface area contributed by atoms with Gasteiger partial charge in [-0.25, -0.2) is 4.79 Å². The Balaban J connectivity index is 2.10. The summed E-state index contributed by atoms with van der Waals surface area (Å²) in [6.45, 7) is 3.14. The first-order valence-electron chi connectivity index (χ1n) is 6.56. The molecule has 1 aliphatic heterocycles. The highest BCUT2D eigenvalue weighted by molar-refractivity contribution is 5.91. The van der Waals surface area contributed by atoms with Gasteiger partial charge in [-0.1, -0.05) is 6.07 Å². The second-order valence-electron chi connectivity index (χ2n) is 4.74. The van der Waals surface area contributed by atoms with E-state index in [4.69, 9.17) is 9.47 Å². The molecule has 0 unspecified atom stereocenters. The van der Waals surface area contributed by atoms with E-state index in [9.17, 15) is 9.90 Å². The third kappa shape index (κ3) is 3.20. The van der Waals surface area contributed by atoms with Gasteiger partial charge in [0.05, 0.1) is 38.7 Å². The predicted molar refractivity (Wildman–Crippen MR) is 75.1 cm³/mol. The van der Waals surface area contributed by atoms with Gasteiger partial charge in [0.25, 0.3) is 0 Å². The number of aryl methyl sites for hydroxylation is 1. The van der Waals surface area contributed by atoms with Gasteiger partial charge in [-0.3, -0.25) is 0 Å². The zero-order valence-corrected chi connectivity index (χ0v) is 11.8. The van der Waals surface area contributed by atoms with Crippen molar-refractivity contribution >= 4 is 11.7 Å². The summed E-state index contributed by atoms with van der Waals surface area (Å²) in [5, 5.41) is 12.1. The first-order valence-corrected chi connectivity index (χ1v) is 6.56. The molecule has 0 bridgehead atoms. The lowest BCUT2D eigenvalue weighted by Crippen LogP contribution is -2.52.